The number of hydrogen-bond acceptors (Lipinski definition) is 3. The van der Waals surface area contributed by atoms with Gasteiger partial charge in [-0.25, -0.2) is 9.97 Å². The summed E-state index contributed by atoms with van der Waals surface area (Å²) in [6, 6.07) is 57.7. The number of nitrogens with zero attached hydrogens (tertiary/aromatic N) is 3. The van der Waals surface area contributed by atoms with Gasteiger partial charge in [0.15, 0.2) is 0 Å². The van der Waals surface area contributed by atoms with Crippen LogP contribution in [0.4, 0.5) is 0 Å². The lowest BCUT2D eigenvalue weighted by Crippen LogP contribution is -2.04. The molecule has 11 aromatic rings. The molecule has 3 heterocycles. The fourth-order valence-corrected chi connectivity index (χ4v) is 8.03. The topological polar surface area (TPSA) is 43.9 Å². The van der Waals surface area contributed by atoms with Crippen LogP contribution in [0.2, 0.25) is 0 Å². The first-order chi connectivity index (χ1) is 24.8. The second-order valence-corrected chi connectivity index (χ2v) is 12.9. The molecule has 0 saturated heterocycles. The van der Waals surface area contributed by atoms with Crippen molar-refractivity contribution in [2.24, 2.45) is 0 Å². The summed E-state index contributed by atoms with van der Waals surface area (Å²) >= 11 is 0. The second-order valence-electron chi connectivity index (χ2n) is 12.9. The van der Waals surface area contributed by atoms with Gasteiger partial charge in [-0.05, 0) is 46.0 Å². The molecule has 4 heteroatoms. The van der Waals surface area contributed by atoms with E-state index in [1.807, 2.05) is 18.2 Å². The molecule has 0 aliphatic heterocycles. The van der Waals surface area contributed by atoms with E-state index in [4.69, 9.17) is 14.4 Å². The van der Waals surface area contributed by atoms with E-state index in [2.05, 4.69) is 150 Å². The van der Waals surface area contributed by atoms with Gasteiger partial charge in [0.2, 0.25) is 5.95 Å². The van der Waals surface area contributed by atoms with Crippen LogP contribution >= 0.6 is 0 Å². The van der Waals surface area contributed by atoms with Crippen LogP contribution in [-0.4, -0.2) is 14.5 Å². The first-order valence-electron chi connectivity index (χ1n) is 16.9. The van der Waals surface area contributed by atoms with Crippen molar-refractivity contribution in [3.05, 3.63) is 164 Å². The highest BCUT2D eigenvalue weighted by atomic mass is 16.3. The molecule has 232 valence electrons. The Hall–Kier alpha value is -6.78. The van der Waals surface area contributed by atoms with Gasteiger partial charge in [0, 0.05) is 43.4 Å². The van der Waals surface area contributed by atoms with Gasteiger partial charge < -0.3 is 4.42 Å². The number of benzene rings is 8. The first-order valence-corrected chi connectivity index (χ1v) is 16.9. The minimum absolute atomic E-state index is 0.639. The van der Waals surface area contributed by atoms with Gasteiger partial charge in [0.1, 0.15) is 11.2 Å². The number of rotatable bonds is 3. The maximum atomic E-state index is 6.40. The fourth-order valence-electron chi connectivity index (χ4n) is 8.03. The summed E-state index contributed by atoms with van der Waals surface area (Å²) in [5.74, 6) is 0.639. The lowest BCUT2D eigenvalue weighted by atomic mass is 9.96. The molecule has 0 atom stereocenters. The van der Waals surface area contributed by atoms with E-state index in [0.717, 1.165) is 77.0 Å². The Morgan fingerprint density at radius 2 is 1.04 bits per heavy atom. The average molecular weight is 638 g/mol. The SMILES string of the molecule is c1ccc(-c2nc(-n3c4c(-c5ccc6c(c5)oc5ccccc56)cccc4c4c5ccccc5c5ccccc5c43)nc3ccccc23)cc1. The number of aromatic nitrogens is 3. The molecule has 8 aromatic carbocycles. The molecule has 0 radical (unpaired) electrons. The molecule has 0 aliphatic rings. The van der Waals surface area contributed by atoms with Crippen LogP contribution in [0.15, 0.2) is 168 Å². The first kappa shape index (κ1) is 27.2. The molecule has 50 heavy (non-hydrogen) atoms. The zero-order valence-corrected chi connectivity index (χ0v) is 26.8. The van der Waals surface area contributed by atoms with Gasteiger partial charge in [0.05, 0.1) is 22.2 Å². The molecule has 4 nitrogen and oxygen atoms in total. The van der Waals surface area contributed by atoms with Crippen LogP contribution in [-0.2, 0) is 0 Å². The Morgan fingerprint density at radius 3 is 1.88 bits per heavy atom. The van der Waals surface area contributed by atoms with Gasteiger partial charge in [0.25, 0.3) is 0 Å². The Balaban J connectivity index is 1.34. The fraction of sp³-hybridized carbons (Fsp3) is 0. The van der Waals surface area contributed by atoms with Crippen molar-refractivity contribution in [1.82, 2.24) is 14.5 Å². The summed E-state index contributed by atoms with van der Waals surface area (Å²) in [6.07, 6.45) is 0. The smallest absolute Gasteiger partial charge is 0.235 e. The van der Waals surface area contributed by atoms with Crippen molar-refractivity contribution >= 4 is 76.2 Å². The molecule has 0 fully saturated rings. The summed E-state index contributed by atoms with van der Waals surface area (Å²) in [7, 11) is 0. The maximum Gasteiger partial charge on any atom is 0.235 e. The Labute approximate surface area is 286 Å². The molecule has 0 amide bonds. The standard InChI is InChI=1S/C46H27N3O/c1-2-13-28(14-3-1)43-37-20-8-10-23-39(37)47-46(48-43)49-44-30(29-25-26-34-33-17-9-11-24-40(33)50-41(34)27-29)21-12-22-38(44)42-35-18-6-4-15-31(35)32-16-5-7-19-36(32)45(42)49/h1-27H. The summed E-state index contributed by atoms with van der Waals surface area (Å²) in [4.78, 5) is 10.8. The monoisotopic (exact) mass is 637 g/mol. The molecule has 0 N–H and O–H groups in total. The minimum atomic E-state index is 0.639. The summed E-state index contributed by atoms with van der Waals surface area (Å²) in [6.45, 7) is 0. The van der Waals surface area contributed by atoms with E-state index in [-0.39, 0.29) is 0 Å². The van der Waals surface area contributed by atoms with Crippen molar-refractivity contribution < 1.29 is 4.42 Å². The van der Waals surface area contributed by atoms with Gasteiger partial charge >= 0.3 is 0 Å². The highest BCUT2D eigenvalue weighted by molar-refractivity contribution is 6.33. The van der Waals surface area contributed by atoms with Crippen LogP contribution in [0.5, 0.6) is 0 Å². The highest BCUT2D eigenvalue weighted by Crippen LogP contribution is 2.45. The molecule has 11 rings (SSSR count). The van der Waals surface area contributed by atoms with Crippen LogP contribution in [0, 0.1) is 0 Å². The van der Waals surface area contributed by atoms with E-state index in [9.17, 15) is 0 Å². The normalized spacial score (nSPS) is 12.0. The largest absolute Gasteiger partial charge is 0.456 e. The number of furan rings is 1. The minimum Gasteiger partial charge on any atom is -0.456 e. The van der Waals surface area contributed by atoms with E-state index in [1.165, 1.54) is 21.5 Å². The third kappa shape index (κ3) is 3.81. The zero-order valence-electron chi connectivity index (χ0n) is 26.8. The van der Waals surface area contributed by atoms with Gasteiger partial charge in [-0.15, -0.1) is 0 Å². The number of para-hydroxylation sites is 3. The molecule has 0 saturated carbocycles. The Bertz CT molecular complexity index is 3150. The van der Waals surface area contributed by atoms with Gasteiger partial charge in [-0.2, -0.15) is 0 Å². The van der Waals surface area contributed by atoms with E-state index >= 15 is 0 Å². The van der Waals surface area contributed by atoms with Crippen molar-refractivity contribution in [2.45, 2.75) is 0 Å². The maximum absolute atomic E-state index is 6.40. The Kier molecular flexibility index (Phi) is 5.63. The number of fused-ring (bicyclic) bond motifs is 12. The van der Waals surface area contributed by atoms with Crippen LogP contribution in [0.3, 0.4) is 0 Å². The lowest BCUT2D eigenvalue weighted by molar-refractivity contribution is 0.669. The molecule has 0 spiro atoms. The molecular weight excluding hydrogens is 611 g/mol. The molecule has 0 unspecified atom stereocenters. The third-order valence-electron chi connectivity index (χ3n) is 10.2. The Morgan fingerprint density at radius 1 is 0.400 bits per heavy atom. The second kappa shape index (κ2) is 10.4. The van der Waals surface area contributed by atoms with E-state index in [0.29, 0.717) is 5.95 Å². The zero-order chi connectivity index (χ0) is 32.8. The highest BCUT2D eigenvalue weighted by Gasteiger charge is 2.24. The molecular formula is C46H27N3O. The van der Waals surface area contributed by atoms with Crippen LogP contribution in [0.25, 0.3) is 105 Å². The van der Waals surface area contributed by atoms with Crippen molar-refractivity contribution in [2.75, 3.05) is 0 Å². The van der Waals surface area contributed by atoms with Crippen molar-refractivity contribution in [1.29, 1.82) is 0 Å². The van der Waals surface area contributed by atoms with Gasteiger partial charge in [-0.1, -0.05) is 140 Å². The van der Waals surface area contributed by atoms with Gasteiger partial charge in [-0.3, -0.25) is 4.57 Å². The van der Waals surface area contributed by atoms with Crippen molar-refractivity contribution in [3.63, 3.8) is 0 Å². The summed E-state index contributed by atoms with van der Waals surface area (Å²) in [5, 5.41) is 10.4. The van der Waals surface area contributed by atoms with Crippen LogP contribution < -0.4 is 0 Å². The predicted molar refractivity (Wildman–Crippen MR) is 207 cm³/mol. The quantitative estimate of drug-likeness (QED) is 0.181. The predicted octanol–water partition coefficient (Wildman–Crippen LogP) is 12.3. The average Bonchev–Trinajstić information content (AvgIpc) is 3.74. The third-order valence-corrected chi connectivity index (χ3v) is 10.2. The molecule has 0 bridgehead atoms. The summed E-state index contributed by atoms with van der Waals surface area (Å²) < 4.78 is 8.71. The van der Waals surface area contributed by atoms with E-state index < -0.39 is 0 Å². The lowest BCUT2D eigenvalue weighted by Gasteiger charge is -2.14. The van der Waals surface area contributed by atoms with E-state index in [1.54, 1.807) is 0 Å². The summed E-state index contributed by atoms with van der Waals surface area (Å²) in [5.41, 5.74) is 8.95. The van der Waals surface area contributed by atoms with Crippen LogP contribution in [0.1, 0.15) is 0 Å². The number of hydrogen-bond donors (Lipinski definition) is 0. The van der Waals surface area contributed by atoms with Crippen molar-refractivity contribution in [3.8, 4) is 28.3 Å². The molecule has 3 aromatic heterocycles. The molecule has 0 aliphatic carbocycles.